The molecule has 242 valence electrons. The number of benzene rings is 4. The van der Waals surface area contributed by atoms with E-state index in [4.69, 9.17) is 21.1 Å². The number of hydrogen-bond acceptors (Lipinski definition) is 7. The average Bonchev–Trinajstić information content (AvgIpc) is 3.07. The summed E-state index contributed by atoms with van der Waals surface area (Å²) in [7, 11) is 3.02. The van der Waals surface area contributed by atoms with Gasteiger partial charge >= 0.3 is 5.97 Å². The van der Waals surface area contributed by atoms with Crippen molar-refractivity contribution in [1.29, 1.82) is 0 Å². The number of aromatic carboxylic acids is 1. The number of nitrogens with one attached hydrogen (secondary N) is 3. The Morgan fingerprint density at radius 1 is 0.872 bits per heavy atom. The van der Waals surface area contributed by atoms with E-state index in [0.29, 0.717) is 45.3 Å². The van der Waals surface area contributed by atoms with Gasteiger partial charge in [-0.1, -0.05) is 42.8 Å². The standard InChI is InChI=1S/C35H32ClN3O7S/c1-4-31(34(42)38-24-13-15-28(36)27(20-24)35(43)44)47-26-12-8-11-23(19-26)37-33(41)29(39-32(40)21-9-6-5-7-10-21)18-22-17-25(45-2)14-16-30(22)46-3/h5-20,31H,4H2,1-3H3,(H,37,41)(H,38,42)(H,39,40)(H,43,44)/b29-18+. The van der Waals surface area contributed by atoms with Gasteiger partial charge in [-0.05, 0) is 79.2 Å². The fourth-order valence-electron chi connectivity index (χ4n) is 4.37. The molecule has 0 saturated carbocycles. The van der Waals surface area contributed by atoms with Gasteiger partial charge in [-0.2, -0.15) is 0 Å². The van der Waals surface area contributed by atoms with Crippen molar-refractivity contribution in [1.82, 2.24) is 5.32 Å². The van der Waals surface area contributed by atoms with Crippen LogP contribution in [-0.2, 0) is 9.59 Å². The van der Waals surface area contributed by atoms with E-state index in [1.807, 2.05) is 6.92 Å². The zero-order chi connectivity index (χ0) is 33.9. The fraction of sp³-hybridized carbons (Fsp3) is 0.143. The molecule has 0 bridgehead atoms. The molecule has 4 N–H and O–H groups in total. The fourth-order valence-corrected chi connectivity index (χ4v) is 5.58. The summed E-state index contributed by atoms with van der Waals surface area (Å²) in [4.78, 5) is 52.0. The molecular formula is C35H32ClN3O7S. The lowest BCUT2D eigenvalue weighted by Crippen LogP contribution is -2.30. The van der Waals surface area contributed by atoms with Crippen LogP contribution in [0.3, 0.4) is 0 Å². The van der Waals surface area contributed by atoms with Gasteiger partial charge in [0.25, 0.3) is 11.8 Å². The lowest BCUT2D eigenvalue weighted by Gasteiger charge is -2.16. The third-order valence-corrected chi connectivity index (χ3v) is 8.45. The van der Waals surface area contributed by atoms with E-state index in [0.717, 1.165) is 0 Å². The molecule has 0 fully saturated rings. The molecule has 1 unspecified atom stereocenters. The summed E-state index contributed by atoms with van der Waals surface area (Å²) in [5.41, 5.74) is 1.44. The van der Waals surface area contributed by atoms with Crippen LogP contribution in [0.15, 0.2) is 102 Å². The number of hydrogen-bond donors (Lipinski definition) is 4. The number of carbonyl (C=O) groups excluding carboxylic acids is 3. The number of carboxylic acids is 1. The molecule has 4 rings (SSSR count). The zero-order valence-corrected chi connectivity index (χ0v) is 27.3. The molecule has 0 radical (unpaired) electrons. The number of halogens is 1. The predicted octanol–water partition coefficient (Wildman–Crippen LogP) is 6.97. The highest BCUT2D eigenvalue weighted by atomic mass is 35.5. The molecular weight excluding hydrogens is 642 g/mol. The van der Waals surface area contributed by atoms with Gasteiger partial charge in [0.15, 0.2) is 0 Å². The van der Waals surface area contributed by atoms with Crippen molar-refractivity contribution in [3.63, 3.8) is 0 Å². The highest BCUT2D eigenvalue weighted by molar-refractivity contribution is 8.00. The zero-order valence-electron chi connectivity index (χ0n) is 25.7. The number of anilines is 2. The summed E-state index contributed by atoms with van der Waals surface area (Å²) in [6.07, 6.45) is 1.97. The number of rotatable bonds is 13. The van der Waals surface area contributed by atoms with E-state index >= 15 is 0 Å². The third kappa shape index (κ3) is 9.38. The Morgan fingerprint density at radius 2 is 1.62 bits per heavy atom. The molecule has 4 aromatic rings. The number of ether oxygens (including phenoxy) is 2. The molecule has 10 nitrogen and oxygen atoms in total. The second-order valence-electron chi connectivity index (χ2n) is 9.97. The van der Waals surface area contributed by atoms with Gasteiger partial charge in [-0.15, -0.1) is 11.8 Å². The third-order valence-electron chi connectivity index (χ3n) is 6.76. The minimum absolute atomic E-state index is 0.0435. The lowest BCUT2D eigenvalue weighted by atomic mass is 10.1. The van der Waals surface area contributed by atoms with E-state index in [2.05, 4.69) is 16.0 Å². The first kappa shape index (κ1) is 34.6. The molecule has 4 aromatic carbocycles. The maximum atomic E-state index is 13.7. The number of carbonyl (C=O) groups is 4. The minimum Gasteiger partial charge on any atom is -0.497 e. The summed E-state index contributed by atoms with van der Waals surface area (Å²) in [6, 6.07) is 24.8. The smallest absolute Gasteiger partial charge is 0.337 e. The van der Waals surface area contributed by atoms with Crippen molar-refractivity contribution in [3.05, 3.63) is 118 Å². The molecule has 0 heterocycles. The Hall–Kier alpha value is -5.26. The minimum atomic E-state index is -1.20. The number of amides is 3. The summed E-state index contributed by atoms with van der Waals surface area (Å²) in [6.45, 7) is 1.85. The van der Waals surface area contributed by atoms with Gasteiger partial charge in [-0.3, -0.25) is 14.4 Å². The molecule has 0 saturated heterocycles. The van der Waals surface area contributed by atoms with Crippen LogP contribution >= 0.6 is 23.4 Å². The second-order valence-corrected chi connectivity index (χ2v) is 11.7. The molecule has 1 atom stereocenters. The number of thioether (sulfide) groups is 1. The highest BCUT2D eigenvalue weighted by Crippen LogP contribution is 2.30. The molecule has 0 aliphatic heterocycles. The summed E-state index contributed by atoms with van der Waals surface area (Å²) in [5.74, 6) is -1.61. The van der Waals surface area contributed by atoms with Crippen molar-refractivity contribution in [3.8, 4) is 11.5 Å². The van der Waals surface area contributed by atoms with Gasteiger partial charge in [0.2, 0.25) is 5.91 Å². The van der Waals surface area contributed by atoms with Crippen LogP contribution in [0.1, 0.15) is 39.6 Å². The van der Waals surface area contributed by atoms with Crippen molar-refractivity contribution in [2.24, 2.45) is 0 Å². The second kappa shape index (κ2) is 16.3. The molecule has 47 heavy (non-hydrogen) atoms. The normalized spacial score (nSPS) is 11.6. The maximum Gasteiger partial charge on any atom is 0.337 e. The first-order chi connectivity index (χ1) is 22.6. The topological polar surface area (TPSA) is 143 Å². The molecule has 0 aliphatic rings. The Bertz CT molecular complexity index is 1810. The van der Waals surface area contributed by atoms with Crippen LogP contribution < -0.4 is 25.4 Å². The SMILES string of the molecule is CCC(Sc1cccc(NC(=O)/C(=C\c2cc(OC)ccc2OC)NC(=O)c2ccccc2)c1)C(=O)Nc1ccc(Cl)c(C(=O)O)c1. The largest absolute Gasteiger partial charge is 0.497 e. The van der Waals surface area contributed by atoms with E-state index in [9.17, 15) is 24.3 Å². The van der Waals surface area contributed by atoms with Gasteiger partial charge in [0, 0.05) is 27.4 Å². The highest BCUT2D eigenvalue weighted by Gasteiger charge is 2.21. The average molecular weight is 674 g/mol. The number of methoxy groups -OCH3 is 2. The van der Waals surface area contributed by atoms with Crippen molar-refractivity contribution in [2.45, 2.75) is 23.5 Å². The Labute approximate surface area is 281 Å². The van der Waals surface area contributed by atoms with Crippen molar-refractivity contribution < 1.29 is 33.8 Å². The van der Waals surface area contributed by atoms with Gasteiger partial charge in [-0.25, -0.2) is 4.79 Å². The molecule has 12 heteroatoms. The van der Waals surface area contributed by atoms with E-state index < -0.39 is 23.0 Å². The number of carboxylic acid groups (broad SMARTS) is 1. The Morgan fingerprint density at radius 3 is 2.30 bits per heavy atom. The molecule has 0 aromatic heterocycles. The van der Waals surface area contributed by atoms with E-state index in [1.54, 1.807) is 72.8 Å². The van der Waals surface area contributed by atoms with Crippen LogP contribution in [0.4, 0.5) is 11.4 Å². The van der Waals surface area contributed by atoms with Crippen molar-refractivity contribution in [2.75, 3.05) is 24.9 Å². The van der Waals surface area contributed by atoms with Crippen molar-refractivity contribution >= 4 is 64.5 Å². The van der Waals surface area contributed by atoms with Crippen LogP contribution in [0.2, 0.25) is 5.02 Å². The van der Waals surface area contributed by atoms with Crippen LogP contribution in [0.25, 0.3) is 6.08 Å². The summed E-state index contributed by atoms with van der Waals surface area (Å²) >= 11 is 7.23. The van der Waals surface area contributed by atoms with Crippen LogP contribution in [0, 0.1) is 0 Å². The molecule has 3 amide bonds. The predicted molar refractivity (Wildman–Crippen MR) is 183 cm³/mol. The Balaban J connectivity index is 1.55. The Kier molecular flexibility index (Phi) is 12.0. The molecule has 0 aliphatic carbocycles. The van der Waals surface area contributed by atoms with E-state index in [-0.39, 0.29) is 22.2 Å². The van der Waals surface area contributed by atoms with Crippen LogP contribution in [-0.4, -0.2) is 48.3 Å². The maximum absolute atomic E-state index is 13.7. The summed E-state index contributed by atoms with van der Waals surface area (Å²) in [5, 5.41) is 17.2. The first-order valence-electron chi connectivity index (χ1n) is 14.3. The first-order valence-corrected chi connectivity index (χ1v) is 15.6. The lowest BCUT2D eigenvalue weighted by molar-refractivity contribution is -0.116. The van der Waals surface area contributed by atoms with E-state index in [1.165, 1.54) is 50.3 Å². The quantitative estimate of drug-likeness (QED) is 0.0880. The summed E-state index contributed by atoms with van der Waals surface area (Å²) < 4.78 is 10.8. The van der Waals surface area contributed by atoms with Gasteiger partial charge in [0.1, 0.15) is 17.2 Å². The molecule has 0 spiro atoms. The van der Waals surface area contributed by atoms with Gasteiger partial charge < -0.3 is 30.5 Å². The van der Waals surface area contributed by atoms with Crippen LogP contribution in [0.5, 0.6) is 11.5 Å². The van der Waals surface area contributed by atoms with Gasteiger partial charge in [0.05, 0.1) is 30.1 Å². The monoisotopic (exact) mass is 673 g/mol.